The summed E-state index contributed by atoms with van der Waals surface area (Å²) < 4.78 is 37.2. The van der Waals surface area contributed by atoms with Crippen LogP contribution in [0, 0.1) is 11.8 Å². The van der Waals surface area contributed by atoms with E-state index in [-0.39, 0.29) is 5.92 Å². The molecule has 0 atom stereocenters. The highest BCUT2D eigenvalue weighted by molar-refractivity contribution is 5.28. The van der Waals surface area contributed by atoms with Crippen molar-refractivity contribution in [2.24, 2.45) is 11.8 Å². The molecule has 0 saturated heterocycles. The van der Waals surface area contributed by atoms with Gasteiger partial charge in [0.15, 0.2) is 0 Å². The van der Waals surface area contributed by atoms with Crippen LogP contribution in [0.25, 0.3) is 0 Å². The van der Waals surface area contributed by atoms with Crippen molar-refractivity contribution in [1.82, 2.24) is 0 Å². The third-order valence-corrected chi connectivity index (χ3v) is 8.27. The highest BCUT2D eigenvalue weighted by Gasteiger charge is 2.26. The predicted octanol–water partition coefficient (Wildman–Crippen LogP) is 10.5. The minimum Gasteiger partial charge on any atom is -0.167 e. The zero-order chi connectivity index (χ0) is 23.5. The number of benzene rings is 1. The Morgan fingerprint density at radius 2 is 1.18 bits per heavy atom. The van der Waals surface area contributed by atoms with Crippen LogP contribution in [0.1, 0.15) is 133 Å². The van der Waals surface area contributed by atoms with Gasteiger partial charge in [0.2, 0.25) is 0 Å². The molecule has 2 fully saturated rings. The molecule has 0 spiro atoms. The summed E-state index contributed by atoms with van der Waals surface area (Å²) in [6, 6.07) is 9.28. The van der Waals surface area contributed by atoms with Crippen molar-refractivity contribution in [1.29, 1.82) is 0 Å². The van der Waals surface area contributed by atoms with Gasteiger partial charge in [-0.25, -0.2) is 0 Å². The van der Waals surface area contributed by atoms with Gasteiger partial charge in [-0.15, -0.1) is 0 Å². The van der Waals surface area contributed by atoms with E-state index >= 15 is 0 Å². The number of hydrogen-bond donors (Lipinski definition) is 0. The molecule has 2 saturated carbocycles. The minimum atomic E-state index is -4.18. The largest absolute Gasteiger partial charge is 0.409 e. The Bertz CT molecular complexity index is 671. The highest BCUT2D eigenvalue weighted by atomic mass is 19.4. The molecule has 3 heteroatoms. The molecule has 0 aliphatic heterocycles. The first-order valence-electron chi connectivity index (χ1n) is 13.8. The van der Waals surface area contributed by atoms with Crippen molar-refractivity contribution in [3.8, 4) is 0 Å². The number of unbranched alkanes of at least 4 members (excludes halogenated alkanes) is 6. The van der Waals surface area contributed by atoms with Gasteiger partial charge in [0.05, 0.1) is 0 Å². The van der Waals surface area contributed by atoms with E-state index in [9.17, 15) is 13.2 Å². The van der Waals surface area contributed by atoms with E-state index in [2.05, 4.69) is 31.2 Å². The summed E-state index contributed by atoms with van der Waals surface area (Å²) in [6.45, 7) is 2.28. The van der Waals surface area contributed by atoms with Gasteiger partial charge in [-0.2, -0.15) is 13.2 Å². The monoisotopic (exact) mass is 462 g/mol. The SMILES string of the molecule is CCCCCCCCC[C@H]1CC[C@H](c2ccc([C@H]3CC[C@H](C=CC(F)(F)F)CC3)cc2)CC1. The molecule has 0 bridgehead atoms. The molecule has 0 nitrogen and oxygen atoms in total. The molecule has 1 aromatic carbocycles. The minimum absolute atomic E-state index is 0.0818. The zero-order valence-corrected chi connectivity index (χ0v) is 20.7. The van der Waals surface area contributed by atoms with Gasteiger partial charge in [0, 0.05) is 6.08 Å². The van der Waals surface area contributed by atoms with Crippen LogP contribution in [0.2, 0.25) is 0 Å². The van der Waals surface area contributed by atoms with Crippen LogP contribution in [-0.2, 0) is 0 Å². The lowest BCUT2D eigenvalue weighted by molar-refractivity contribution is -0.0803. The molecule has 0 unspecified atom stereocenters. The number of hydrogen-bond acceptors (Lipinski definition) is 0. The van der Waals surface area contributed by atoms with Gasteiger partial charge in [-0.1, -0.05) is 88.6 Å². The molecule has 0 aromatic heterocycles. The standard InChI is InChI=1S/C30H45F3/c1-2-3-4-5-6-7-8-9-24-10-14-26(15-11-24)28-18-20-29(21-19-28)27-16-12-25(13-17-27)22-23-30(31,32)33/h18-27H,2-17H2,1H3/t24-,25-,26-,27-. The third-order valence-electron chi connectivity index (χ3n) is 8.27. The number of halogens is 3. The fraction of sp³-hybridized carbons (Fsp3) is 0.733. The number of rotatable bonds is 11. The summed E-state index contributed by atoms with van der Waals surface area (Å²) in [5.74, 6) is 2.25. The third kappa shape index (κ3) is 9.49. The van der Waals surface area contributed by atoms with Gasteiger partial charge in [-0.3, -0.25) is 0 Å². The first-order chi connectivity index (χ1) is 15.9. The number of alkyl halides is 3. The molecule has 0 radical (unpaired) electrons. The second-order valence-corrected chi connectivity index (χ2v) is 10.8. The lowest BCUT2D eigenvalue weighted by Crippen LogP contribution is -2.14. The van der Waals surface area contributed by atoms with Crippen LogP contribution < -0.4 is 0 Å². The molecule has 0 amide bonds. The first kappa shape index (κ1) is 26.4. The van der Waals surface area contributed by atoms with Crippen molar-refractivity contribution in [2.45, 2.75) is 128 Å². The maximum Gasteiger partial charge on any atom is 0.409 e. The normalized spacial score (nSPS) is 26.7. The second-order valence-electron chi connectivity index (χ2n) is 10.8. The lowest BCUT2D eigenvalue weighted by Gasteiger charge is -2.30. The van der Waals surface area contributed by atoms with Gasteiger partial charge in [0.1, 0.15) is 0 Å². The van der Waals surface area contributed by atoms with E-state index in [0.29, 0.717) is 17.9 Å². The van der Waals surface area contributed by atoms with Gasteiger partial charge in [-0.05, 0) is 86.2 Å². The van der Waals surface area contributed by atoms with E-state index in [0.717, 1.165) is 31.6 Å². The molecular weight excluding hydrogens is 417 g/mol. The molecule has 33 heavy (non-hydrogen) atoms. The van der Waals surface area contributed by atoms with E-state index in [1.807, 2.05) is 0 Å². The average molecular weight is 463 g/mol. The van der Waals surface area contributed by atoms with Crippen LogP contribution in [0.3, 0.4) is 0 Å². The van der Waals surface area contributed by atoms with Crippen molar-refractivity contribution in [3.05, 3.63) is 47.5 Å². The predicted molar refractivity (Wildman–Crippen MR) is 134 cm³/mol. The first-order valence-corrected chi connectivity index (χ1v) is 13.8. The topological polar surface area (TPSA) is 0 Å². The van der Waals surface area contributed by atoms with Gasteiger partial charge in [0.25, 0.3) is 0 Å². The lowest BCUT2D eigenvalue weighted by atomic mass is 9.75. The Morgan fingerprint density at radius 3 is 1.70 bits per heavy atom. The van der Waals surface area contributed by atoms with E-state index in [1.54, 1.807) is 0 Å². The summed E-state index contributed by atoms with van der Waals surface area (Å²) in [6.07, 6.45) is 18.0. The maximum absolute atomic E-state index is 12.4. The Kier molecular flexibility index (Phi) is 10.9. The fourth-order valence-corrected chi connectivity index (χ4v) is 6.11. The Hall–Kier alpha value is -1.25. The van der Waals surface area contributed by atoms with Gasteiger partial charge < -0.3 is 0 Å². The molecule has 2 aliphatic rings. The van der Waals surface area contributed by atoms with E-state index in [4.69, 9.17) is 0 Å². The second kappa shape index (κ2) is 13.6. The van der Waals surface area contributed by atoms with Crippen LogP contribution in [-0.4, -0.2) is 6.18 Å². The van der Waals surface area contributed by atoms with Gasteiger partial charge >= 0.3 is 6.18 Å². The quantitative estimate of drug-likeness (QED) is 0.227. The molecule has 1 aromatic rings. The molecule has 0 heterocycles. The Labute approximate surface area is 200 Å². The Balaban J connectivity index is 1.34. The van der Waals surface area contributed by atoms with Crippen molar-refractivity contribution in [2.75, 3.05) is 0 Å². The van der Waals surface area contributed by atoms with Crippen LogP contribution >= 0.6 is 0 Å². The van der Waals surface area contributed by atoms with Crippen molar-refractivity contribution in [3.63, 3.8) is 0 Å². The summed E-state index contributed by atoms with van der Waals surface area (Å²) in [4.78, 5) is 0. The Morgan fingerprint density at radius 1 is 0.697 bits per heavy atom. The van der Waals surface area contributed by atoms with E-state index in [1.165, 1.54) is 94.3 Å². The summed E-state index contributed by atoms with van der Waals surface area (Å²) >= 11 is 0. The van der Waals surface area contributed by atoms with Crippen LogP contribution in [0.5, 0.6) is 0 Å². The smallest absolute Gasteiger partial charge is 0.167 e. The van der Waals surface area contributed by atoms with Crippen molar-refractivity contribution >= 4 is 0 Å². The fourth-order valence-electron chi connectivity index (χ4n) is 6.11. The number of allylic oxidation sites excluding steroid dienone is 2. The zero-order valence-electron chi connectivity index (χ0n) is 20.7. The summed E-state index contributed by atoms with van der Waals surface area (Å²) in [5, 5.41) is 0. The molecule has 3 rings (SSSR count). The summed E-state index contributed by atoms with van der Waals surface area (Å²) in [5.41, 5.74) is 2.87. The molecule has 0 N–H and O–H groups in total. The maximum atomic E-state index is 12.4. The molecule has 186 valence electrons. The molecular formula is C30H45F3. The van der Waals surface area contributed by atoms with E-state index < -0.39 is 6.18 Å². The molecule has 2 aliphatic carbocycles. The average Bonchev–Trinajstić information content (AvgIpc) is 2.83. The summed E-state index contributed by atoms with van der Waals surface area (Å²) in [7, 11) is 0. The van der Waals surface area contributed by atoms with Crippen molar-refractivity contribution < 1.29 is 13.2 Å². The van der Waals surface area contributed by atoms with Crippen LogP contribution in [0.4, 0.5) is 13.2 Å². The highest BCUT2D eigenvalue weighted by Crippen LogP contribution is 2.40. The van der Waals surface area contributed by atoms with Crippen LogP contribution in [0.15, 0.2) is 36.4 Å².